The fraction of sp³-hybridized carbons (Fsp3) is 0.200. The summed E-state index contributed by atoms with van der Waals surface area (Å²) in [7, 11) is 1.76. The minimum Gasteiger partial charge on any atom is -0.496 e. The van der Waals surface area contributed by atoms with Gasteiger partial charge in [0.05, 0.1) is 36.5 Å². The molecule has 61 heavy (non-hydrogen) atoms. The van der Waals surface area contributed by atoms with E-state index in [-0.39, 0.29) is 16.5 Å². The first-order chi connectivity index (χ1) is 29.6. The minimum atomic E-state index is -0.0618. The summed E-state index contributed by atoms with van der Waals surface area (Å²) in [6.45, 7) is 19.2. The highest BCUT2D eigenvalue weighted by molar-refractivity contribution is 6.17. The summed E-state index contributed by atoms with van der Waals surface area (Å²) in [6, 6.07) is 38.8. The third-order valence-corrected chi connectivity index (χ3v) is 13.1. The Bertz CT molecular complexity index is 3120. The van der Waals surface area contributed by atoms with Crippen LogP contribution in [-0.2, 0) is 15.6 Å². The molecule has 0 fully saturated rings. The van der Waals surface area contributed by atoms with E-state index in [0.717, 1.165) is 81.1 Å². The Hall–Kier alpha value is -7.28. The van der Waals surface area contributed by atoms with Crippen molar-refractivity contribution < 1.29 is 9.47 Å². The van der Waals surface area contributed by atoms with Crippen molar-refractivity contribution in [3.63, 3.8) is 0 Å². The number of allylic oxidation sites excluding steroid dienone is 6. The first kappa shape index (κ1) is 38.0. The zero-order valence-electron chi connectivity index (χ0n) is 35.2. The molecule has 0 aliphatic carbocycles. The summed E-state index contributed by atoms with van der Waals surface area (Å²) in [4.78, 5) is 6.13. The van der Waals surface area contributed by atoms with E-state index >= 15 is 0 Å². The predicted octanol–water partition coefficient (Wildman–Crippen LogP) is 13.5. The van der Waals surface area contributed by atoms with Crippen molar-refractivity contribution >= 4 is 61.2 Å². The van der Waals surface area contributed by atoms with E-state index in [1.165, 1.54) is 27.6 Å². The van der Waals surface area contributed by atoms with Crippen LogP contribution >= 0.6 is 0 Å². The molecule has 3 aliphatic heterocycles. The highest BCUT2D eigenvalue weighted by Crippen LogP contribution is 2.54. The largest absolute Gasteiger partial charge is 0.496 e. The molecule has 0 N–H and O–H groups in total. The summed E-state index contributed by atoms with van der Waals surface area (Å²) in [5.74, 6) is 1.93. The molecule has 4 heterocycles. The molecule has 0 saturated heterocycles. The molecule has 10 rings (SSSR count). The van der Waals surface area contributed by atoms with Crippen LogP contribution in [0.15, 0.2) is 150 Å². The zero-order chi connectivity index (χ0) is 42.0. The van der Waals surface area contributed by atoms with Gasteiger partial charge in [-0.3, -0.25) is 0 Å². The lowest BCUT2D eigenvalue weighted by Gasteiger charge is -2.48. The van der Waals surface area contributed by atoms with Crippen LogP contribution in [0.3, 0.4) is 0 Å². The Labute approximate surface area is 357 Å². The molecule has 298 valence electrons. The maximum atomic E-state index is 10.0. The molecule has 1 aromatic heterocycles. The maximum Gasteiger partial charge on any atom is 0.269 e. The van der Waals surface area contributed by atoms with Crippen LogP contribution in [0.5, 0.6) is 5.75 Å². The van der Waals surface area contributed by atoms with Crippen LogP contribution in [0.1, 0.15) is 62.8 Å². The zero-order valence-corrected chi connectivity index (χ0v) is 35.2. The number of hydrogen-bond donors (Lipinski definition) is 0. The van der Waals surface area contributed by atoms with Crippen LogP contribution in [0.2, 0.25) is 0 Å². The van der Waals surface area contributed by atoms with Crippen LogP contribution in [0.4, 0.5) is 5.69 Å². The van der Waals surface area contributed by atoms with Crippen LogP contribution < -0.4 is 9.64 Å². The van der Waals surface area contributed by atoms with E-state index in [2.05, 4.69) is 163 Å². The van der Waals surface area contributed by atoms with Crippen LogP contribution in [0.25, 0.3) is 66.0 Å². The number of ether oxygens (including phenoxy) is 2. The first-order valence-electron chi connectivity index (χ1n) is 21.0. The van der Waals surface area contributed by atoms with Gasteiger partial charge in [-0.25, -0.2) is 10.1 Å². The Morgan fingerprint density at radius 3 is 1.79 bits per heavy atom. The summed E-state index contributed by atoms with van der Waals surface area (Å²) in [5, 5.41) is 16.9. The average Bonchev–Trinajstić information content (AvgIpc) is 3.60. The van der Waals surface area contributed by atoms with E-state index in [9.17, 15) is 5.26 Å². The number of nitrogens with zero attached hydrogens (tertiary/aromatic N) is 4. The summed E-state index contributed by atoms with van der Waals surface area (Å²) in [5.41, 5.74) is 9.87. The van der Waals surface area contributed by atoms with Crippen molar-refractivity contribution in [1.82, 2.24) is 4.57 Å². The molecule has 7 aromatic rings. The topological polar surface area (TPSA) is 54.8 Å². The van der Waals surface area contributed by atoms with Gasteiger partial charge in [0.2, 0.25) is 0 Å². The number of anilines is 1. The molecule has 3 aliphatic rings. The van der Waals surface area contributed by atoms with Gasteiger partial charge in [-0.05, 0) is 99.7 Å². The molecular formula is C55H46N4O2. The van der Waals surface area contributed by atoms with Crippen molar-refractivity contribution in [1.29, 1.82) is 5.26 Å². The van der Waals surface area contributed by atoms with Crippen LogP contribution in [0, 0.1) is 17.9 Å². The lowest BCUT2D eigenvalue weighted by molar-refractivity contribution is 0.332. The SMILES string of the molecule is [C-]#[N+]/C(C#N)=C1C=C(/C=C/c2cc3c4c(c2OC)C(C)(C)CCN4CCC3(C)C)OC(/C=C/c2c3ccccc3c(-n3c4ccccc4c4ccccc43)c3ccccc23)=C\1. The molecule has 0 saturated carbocycles. The maximum absolute atomic E-state index is 10.0. The van der Waals surface area contributed by atoms with Crippen molar-refractivity contribution in [2.24, 2.45) is 0 Å². The smallest absolute Gasteiger partial charge is 0.269 e. The third-order valence-electron chi connectivity index (χ3n) is 13.1. The van der Waals surface area contributed by atoms with Gasteiger partial charge in [-0.15, -0.1) is 0 Å². The molecule has 6 aromatic carbocycles. The average molecular weight is 795 g/mol. The third kappa shape index (κ3) is 6.13. The summed E-state index contributed by atoms with van der Waals surface area (Å²) < 4.78 is 15.3. The monoisotopic (exact) mass is 794 g/mol. The van der Waals surface area contributed by atoms with Gasteiger partial charge in [-0.1, -0.05) is 119 Å². The van der Waals surface area contributed by atoms with Crippen molar-refractivity contribution in [2.45, 2.75) is 51.4 Å². The number of methoxy groups -OCH3 is 1. The highest BCUT2D eigenvalue weighted by Gasteiger charge is 2.42. The Kier molecular flexibility index (Phi) is 9.00. The molecule has 0 radical (unpaired) electrons. The van der Waals surface area contributed by atoms with Gasteiger partial charge >= 0.3 is 0 Å². The van der Waals surface area contributed by atoms with E-state index in [1.807, 2.05) is 12.2 Å². The van der Waals surface area contributed by atoms with Gasteiger partial charge in [0.1, 0.15) is 17.3 Å². The summed E-state index contributed by atoms with van der Waals surface area (Å²) in [6.07, 6.45) is 13.7. The van der Waals surface area contributed by atoms with E-state index in [0.29, 0.717) is 17.1 Å². The number of hydrogen-bond acceptors (Lipinski definition) is 4. The van der Waals surface area contributed by atoms with E-state index < -0.39 is 0 Å². The van der Waals surface area contributed by atoms with Gasteiger partial charge in [0.25, 0.3) is 5.70 Å². The molecule has 0 spiro atoms. The minimum absolute atomic E-state index is 0.00547. The fourth-order valence-corrected chi connectivity index (χ4v) is 9.97. The molecule has 0 amide bonds. The lowest BCUT2D eigenvalue weighted by atomic mass is 9.68. The summed E-state index contributed by atoms with van der Waals surface area (Å²) >= 11 is 0. The van der Waals surface area contributed by atoms with Crippen molar-refractivity contribution in [2.75, 3.05) is 25.1 Å². The Morgan fingerprint density at radius 2 is 1.23 bits per heavy atom. The van der Waals surface area contributed by atoms with Gasteiger partial charge in [0.15, 0.2) is 0 Å². The number of benzene rings is 6. The second-order valence-electron chi connectivity index (χ2n) is 17.6. The molecule has 6 nitrogen and oxygen atoms in total. The number of fused-ring (bicyclic) bond motifs is 5. The number of nitriles is 1. The molecule has 0 bridgehead atoms. The normalized spacial score (nSPS) is 17.6. The van der Waals surface area contributed by atoms with E-state index in [1.54, 1.807) is 19.3 Å². The van der Waals surface area contributed by atoms with Crippen molar-refractivity contribution in [3.05, 3.63) is 184 Å². The molecule has 6 heteroatoms. The molecule has 0 unspecified atom stereocenters. The lowest BCUT2D eigenvalue weighted by Crippen LogP contribution is -2.45. The predicted molar refractivity (Wildman–Crippen MR) is 251 cm³/mol. The molecular weight excluding hydrogens is 749 g/mol. The van der Waals surface area contributed by atoms with Gasteiger partial charge in [-0.2, -0.15) is 0 Å². The van der Waals surface area contributed by atoms with Gasteiger partial charge in [0, 0.05) is 51.4 Å². The number of para-hydroxylation sites is 2. The second kappa shape index (κ2) is 14.5. The fourth-order valence-electron chi connectivity index (χ4n) is 9.97. The van der Waals surface area contributed by atoms with Gasteiger partial charge < -0.3 is 18.9 Å². The highest BCUT2D eigenvalue weighted by atomic mass is 16.5. The number of aromatic nitrogens is 1. The standard InChI is InChI=1S/C55H46N4O2/c1-54(2)27-29-58-30-28-55(3,4)50-52(58)46(54)33-35(53(50)60-6)23-24-37-31-36(47(34-56)57-5)32-38(61-37)25-26-41-39-15-7-9-19-44(39)51(45-20-10-8-16-40(41)45)59-48-21-13-11-17-42(48)43-18-12-14-22-49(43)59/h7-26,31-33H,27-30H2,1-4,6H3/b24-23+,26-25+,47-36+. The quantitative estimate of drug-likeness (QED) is 0.0956. The van der Waals surface area contributed by atoms with Crippen LogP contribution in [-0.4, -0.2) is 24.8 Å². The van der Waals surface area contributed by atoms with E-state index in [4.69, 9.17) is 16.0 Å². The Morgan fingerprint density at radius 1 is 0.705 bits per heavy atom. The first-order valence-corrected chi connectivity index (χ1v) is 21.0. The van der Waals surface area contributed by atoms with Crippen molar-refractivity contribution in [3.8, 4) is 17.5 Å². The Balaban J connectivity index is 1.09. The number of rotatable bonds is 6. The molecule has 0 atom stereocenters. The second-order valence-corrected chi connectivity index (χ2v) is 17.6.